The van der Waals surface area contributed by atoms with Crippen molar-refractivity contribution in [1.29, 1.82) is 0 Å². The Bertz CT molecular complexity index is 813. The number of nitrogens with zero attached hydrogens (tertiary/aromatic N) is 3. The van der Waals surface area contributed by atoms with E-state index in [-0.39, 0.29) is 23.3 Å². The fraction of sp³-hybridized carbons (Fsp3) is 0.250. The van der Waals surface area contributed by atoms with Crippen LogP contribution in [0.5, 0.6) is 0 Å². The lowest BCUT2D eigenvalue weighted by Gasteiger charge is -2.37. The van der Waals surface area contributed by atoms with Crippen LogP contribution in [0, 0.1) is 5.82 Å². The number of aromatic nitrogens is 1. The summed E-state index contributed by atoms with van der Waals surface area (Å²) >= 11 is 6.13. The van der Waals surface area contributed by atoms with Gasteiger partial charge in [-0.2, -0.15) is 0 Å². The third-order valence-electron chi connectivity index (χ3n) is 3.97. The molecule has 0 saturated heterocycles. The second-order valence-electron chi connectivity index (χ2n) is 5.39. The van der Waals surface area contributed by atoms with Crippen molar-refractivity contribution in [2.75, 3.05) is 34.4 Å². The summed E-state index contributed by atoms with van der Waals surface area (Å²) in [6, 6.07) is 4.08. The van der Waals surface area contributed by atoms with Gasteiger partial charge in [-0.05, 0) is 19.1 Å². The summed E-state index contributed by atoms with van der Waals surface area (Å²) in [7, 11) is 1.77. The molecule has 2 heterocycles. The molecule has 0 fully saturated rings. The van der Waals surface area contributed by atoms with Crippen molar-refractivity contribution in [2.24, 2.45) is 0 Å². The molecule has 2 amide bonds. The lowest BCUT2D eigenvalue weighted by Crippen LogP contribution is -2.47. The quantitative estimate of drug-likeness (QED) is 0.832. The normalized spacial score (nSPS) is 13.9. The number of amides is 2. The minimum Gasteiger partial charge on any atom is -0.396 e. The van der Waals surface area contributed by atoms with E-state index in [0.29, 0.717) is 18.1 Å². The van der Waals surface area contributed by atoms with Crippen LogP contribution in [0.25, 0.3) is 0 Å². The summed E-state index contributed by atoms with van der Waals surface area (Å²) in [5.41, 5.74) is 7.62. The maximum Gasteiger partial charge on any atom is 0.329 e. The van der Waals surface area contributed by atoms with Crippen molar-refractivity contribution in [3.63, 3.8) is 0 Å². The number of urea groups is 1. The average Bonchev–Trinajstić information content (AvgIpc) is 2.57. The highest BCUT2D eigenvalue weighted by molar-refractivity contribution is 6.34. The number of nitrogens with two attached hydrogens (primary N) is 1. The molecule has 0 unspecified atom stereocenters. The van der Waals surface area contributed by atoms with E-state index >= 15 is 0 Å². The average molecular weight is 350 g/mol. The number of nitrogens with one attached hydrogen (secondary N) is 1. The van der Waals surface area contributed by atoms with Crippen molar-refractivity contribution in [1.82, 2.24) is 4.98 Å². The first-order chi connectivity index (χ1) is 11.5. The molecule has 1 aliphatic rings. The van der Waals surface area contributed by atoms with Gasteiger partial charge in [-0.15, -0.1) is 0 Å². The van der Waals surface area contributed by atoms with Gasteiger partial charge in [0.2, 0.25) is 0 Å². The van der Waals surface area contributed by atoms with Gasteiger partial charge in [0.25, 0.3) is 0 Å². The monoisotopic (exact) mass is 349 g/mol. The van der Waals surface area contributed by atoms with Gasteiger partial charge >= 0.3 is 6.03 Å². The van der Waals surface area contributed by atoms with Crippen LogP contribution in [-0.2, 0) is 6.54 Å². The van der Waals surface area contributed by atoms with Gasteiger partial charge < -0.3 is 11.1 Å². The van der Waals surface area contributed by atoms with E-state index in [9.17, 15) is 9.18 Å². The first-order valence-electron chi connectivity index (χ1n) is 7.46. The predicted molar refractivity (Wildman–Crippen MR) is 94.2 cm³/mol. The van der Waals surface area contributed by atoms with Crippen LogP contribution in [0.3, 0.4) is 0 Å². The number of hydrogen-bond donors (Lipinski definition) is 2. The van der Waals surface area contributed by atoms with Crippen LogP contribution in [0.1, 0.15) is 12.5 Å². The number of nitrogen functional groups attached to an aromatic ring is 1. The van der Waals surface area contributed by atoms with Crippen LogP contribution in [0.15, 0.2) is 24.4 Å². The number of fused-ring (bicyclic) bond motifs is 1. The number of benzene rings is 1. The van der Waals surface area contributed by atoms with Gasteiger partial charge in [0.05, 0.1) is 28.6 Å². The predicted octanol–water partition coefficient (Wildman–Crippen LogP) is 3.46. The van der Waals surface area contributed by atoms with Crippen molar-refractivity contribution in [3.05, 3.63) is 40.8 Å². The number of rotatable bonds is 3. The minimum absolute atomic E-state index is 0.0558. The molecule has 6 nitrogen and oxygen atoms in total. The zero-order valence-electron chi connectivity index (χ0n) is 13.3. The third kappa shape index (κ3) is 2.60. The van der Waals surface area contributed by atoms with E-state index in [0.717, 1.165) is 17.3 Å². The Morgan fingerprint density at radius 3 is 2.79 bits per heavy atom. The van der Waals surface area contributed by atoms with Gasteiger partial charge in [0, 0.05) is 31.4 Å². The Kier molecular flexibility index (Phi) is 4.19. The summed E-state index contributed by atoms with van der Waals surface area (Å²) in [6.07, 6.45) is 1.71. The molecule has 0 spiro atoms. The largest absolute Gasteiger partial charge is 0.396 e. The van der Waals surface area contributed by atoms with Crippen molar-refractivity contribution >= 4 is 40.5 Å². The molecule has 0 radical (unpaired) electrons. The van der Waals surface area contributed by atoms with Crippen molar-refractivity contribution < 1.29 is 9.18 Å². The summed E-state index contributed by atoms with van der Waals surface area (Å²) in [4.78, 5) is 20.3. The molecule has 0 atom stereocenters. The Morgan fingerprint density at radius 1 is 1.38 bits per heavy atom. The molecule has 1 aromatic carbocycles. The van der Waals surface area contributed by atoms with E-state index < -0.39 is 5.82 Å². The molecule has 1 aromatic heterocycles. The van der Waals surface area contributed by atoms with E-state index in [2.05, 4.69) is 10.3 Å². The maximum absolute atomic E-state index is 13.5. The van der Waals surface area contributed by atoms with Crippen molar-refractivity contribution in [3.8, 4) is 0 Å². The van der Waals surface area contributed by atoms with E-state index in [1.54, 1.807) is 18.1 Å². The van der Waals surface area contributed by atoms with Crippen LogP contribution in [0.4, 0.5) is 32.1 Å². The molecule has 1 aliphatic heterocycles. The van der Waals surface area contributed by atoms with Crippen LogP contribution in [0.2, 0.25) is 5.02 Å². The zero-order valence-corrected chi connectivity index (χ0v) is 14.1. The Balaban J connectivity index is 2.09. The van der Waals surface area contributed by atoms with Crippen LogP contribution < -0.4 is 20.9 Å². The molecule has 8 heteroatoms. The van der Waals surface area contributed by atoms with Crippen molar-refractivity contribution in [2.45, 2.75) is 13.5 Å². The van der Waals surface area contributed by atoms with E-state index in [4.69, 9.17) is 17.3 Å². The summed E-state index contributed by atoms with van der Waals surface area (Å²) in [5.74, 6) is 0.0683. The minimum atomic E-state index is -0.610. The second kappa shape index (κ2) is 6.16. The smallest absolute Gasteiger partial charge is 0.329 e. The second-order valence-corrected chi connectivity index (χ2v) is 5.79. The molecule has 3 rings (SSSR count). The maximum atomic E-state index is 13.5. The number of carbonyl (C=O) groups is 1. The zero-order chi connectivity index (χ0) is 17.4. The number of hydrogen-bond acceptors (Lipinski definition) is 4. The fourth-order valence-electron chi connectivity index (χ4n) is 2.72. The molecule has 2 aromatic rings. The summed E-state index contributed by atoms with van der Waals surface area (Å²) in [6.45, 7) is 2.64. The molecular formula is C16H17ClFN5O. The highest BCUT2D eigenvalue weighted by atomic mass is 35.5. The molecule has 0 bridgehead atoms. The molecule has 0 aliphatic carbocycles. The SMILES string of the molecule is CCN1C(=O)N(c2cc(N)c(F)cc2Cl)Cc2cnc(NC)cc21. The summed E-state index contributed by atoms with van der Waals surface area (Å²) < 4.78 is 13.5. The molecular weight excluding hydrogens is 333 g/mol. The van der Waals surface area contributed by atoms with Gasteiger partial charge in [-0.25, -0.2) is 14.2 Å². The van der Waals surface area contributed by atoms with Gasteiger partial charge in [0.15, 0.2) is 0 Å². The van der Waals surface area contributed by atoms with Gasteiger partial charge in [-0.1, -0.05) is 11.6 Å². The first kappa shape index (κ1) is 16.3. The van der Waals surface area contributed by atoms with Crippen LogP contribution in [-0.4, -0.2) is 24.6 Å². The number of pyridine rings is 1. The molecule has 3 N–H and O–H groups in total. The number of anilines is 4. The summed E-state index contributed by atoms with van der Waals surface area (Å²) in [5, 5.41) is 3.09. The highest BCUT2D eigenvalue weighted by Gasteiger charge is 2.32. The molecule has 126 valence electrons. The Morgan fingerprint density at radius 2 is 2.12 bits per heavy atom. The number of carbonyl (C=O) groups excluding carboxylic acids is 1. The first-order valence-corrected chi connectivity index (χ1v) is 7.84. The van der Waals surface area contributed by atoms with E-state index in [1.807, 2.05) is 13.0 Å². The molecule has 0 saturated carbocycles. The molecule has 24 heavy (non-hydrogen) atoms. The Hall–Kier alpha value is -2.54. The highest BCUT2D eigenvalue weighted by Crippen LogP contribution is 2.37. The topological polar surface area (TPSA) is 74.5 Å². The standard InChI is InChI=1S/C16H17ClFN5O/c1-3-22-13-6-15(20-2)21-7-9(13)8-23(16(22)24)14-5-12(19)11(18)4-10(14)17/h4-7H,3,8,19H2,1-2H3,(H,20,21). The lowest BCUT2D eigenvalue weighted by molar-refractivity contribution is 0.250. The van der Waals surface area contributed by atoms with Gasteiger partial charge in [0.1, 0.15) is 11.6 Å². The van der Waals surface area contributed by atoms with Crippen LogP contribution >= 0.6 is 11.6 Å². The van der Waals surface area contributed by atoms with Gasteiger partial charge in [-0.3, -0.25) is 9.80 Å². The third-order valence-corrected chi connectivity index (χ3v) is 4.28. The Labute approximate surface area is 144 Å². The fourth-order valence-corrected chi connectivity index (χ4v) is 2.98. The van der Waals surface area contributed by atoms with E-state index in [1.165, 1.54) is 11.0 Å². The number of halogens is 2. The lowest BCUT2D eigenvalue weighted by atomic mass is 10.1.